The fourth-order valence-electron chi connectivity index (χ4n) is 1.77. The van der Waals surface area contributed by atoms with Crippen LogP contribution in [-0.4, -0.2) is 15.6 Å². The van der Waals surface area contributed by atoms with Gasteiger partial charge in [-0.05, 0) is 30.1 Å². The highest BCUT2D eigenvalue weighted by Crippen LogP contribution is 2.15. The molecule has 0 radical (unpaired) electrons. The molecule has 1 aliphatic heterocycles. The summed E-state index contributed by atoms with van der Waals surface area (Å²) in [6, 6.07) is 10.4. The van der Waals surface area contributed by atoms with Crippen LogP contribution in [0.25, 0.3) is 6.08 Å². The van der Waals surface area contributed by atoms with E-state index < -0.39 is 9.04 Å². The first-order valence-corrected chi connectivity index (χ1v) is 8.74. The van der Waals surface area contributed by atoms with Gasteiger partial charge >= 0.3 is 0 Å². The number of hydrogen-bond acceptors (Lipinski definition) is 1. The second-order valence-electron chi connectivity index (χ2n) is 4.12. The Kier molecular flexibility index (Phi) is 7.25. The lowest BCUT2D eigenvalue weighted by molar-refractivity contribution is 0.287. The molecule has 0 spiro atoms. The van der Waals surface area contributed by atoms with Gasteiger partial charge < -0.3 is 4.43 Å². The van der Waals surface area contributed by atoms with Crippen LogP contribution in [-0.2, 0) is 4.43 Å². The Labute approximate surface area is 111 Å². The standard InChI is InChI=1S/C8H7Cl.C6H14OSi/c1-2-7-5-3-4-6-8(7)9;1-2-8-6-4-3-5-7-8/h2-6H,1H2;8H,2-6H2,1H3. The fraction of sp³-hybridized carbons (Fsp3) is 0.429. The Hall–Kier alpha value is -0.573. The van der Waals surface area contributed by atoms with Crippen LogP contribution >= 0.6 is 11.6 Å². The lowest BCUT2D eigenvalue weighted by atomic mass is 10.2. The molecule has 1 aromatic carbocycles. The van der Waals surface area contributed by atoms with Crippen molar-refractivity contribution in [1.29, 1.82) is 0 Å². The lowest BCUT2D eigenvalue weighted by Crippen LogP contribution is -2.21. The van der Waals surface area contributed by atoms with E-state index >= 15 is 0 Å². The number of halogens is 1. The van der Waals surface area contributed by atoms with Gasteiger partial charge in [-0.2, -0.15) is 0 Å². The molecule has 3 heteroatoms. The third kappa shape index (κ3) is 5.53. The number of hydrogen-bond donors (Lipinski definition) is 0. The van der Waals surface area contributed by atoms with E-state index in [9.17, 15) is 0 Å². The molecule has 0 N–H and O–H groups in total. The van der Waals surface area contributed by atoms with Crippen molar-refractivity contribution >= 4 is 26.7 Å². The molecule has 1 heterocycles. The van der Waals surface area contributed by atoms with Crippen molar-refractivity contribution in [2.75, 3.05) is 6.61 Å². The molecule has 1 saturated heterocycles. The minimum absolute atomic E-state index is 0.605. The number of benzene rings is 1. The third-order valence-electron chi connectivity index (χ3n) is 2.85. The summed E-state index contributed by atoms with van der Waals surface area (Å²) < 4.78 is 5.57. The molecule has 0 saturated carbocycles. The monoisotopic (exact) mass is 268 g/mol. The zero-order valence-corrected chi connectivity index (χ0v) is 12.4. The summed E-state index contributed by atoms with van der Waals surface area (Å²) >= 11 is 5.75. The lowest BCUT2D eigenvalue weighted by Gasteiger charge is -2.18. The molecule has 1 fully saturated rings. The molecule has 1 nitrogen and oxygen atoms in total. The predicted octanol–water partition coefficient (Wildman–Crippen LogP) is 4.52. The van der Waals surface area contributed by atoms with Crippen LogP contribution < -0.4 is 0 Å². The van der Waals surface area contributed by atoms with Gasteiger partial charge in [0.2, 0.25) is 0 Å². The normalized spacial score (nSPS) is 19.1. The average Bonchev–Trinajstić information content (AvgIpc) is 2.41. The molecular formula is C14H21ClOSi. The minimum Gasteiger partial charge on any atom is -0.420 e. The quantitative estimate of drug-likeness (QED) is 0.717. The van der Waals surface area contributed by atoms with E-state index in [0.717, 1.165) is 17.2 Å². The highest BCUT2D eigenvalue weighted by Gasteiger charge is 2.12. The zero-order chi connectivity index (χ0) is 12.5. The van der Waals surface area contributed by atoms with E-state index in [1.54, 1.807) is 6.08 Å². The Balaban J connectivity index is 0.000000171. The fourth-order valence-corrected chi connectivity index (χ4v) is 4.04. The maximum Gasteiger partial charge on any atom is 0.176 e. The second kappa shape index (κ2) is 8.51. The van der Waals surface area contributed by atoms with Crippen LogP contribution in [0.1, 0.15) is 25.3 Å². The minimum atomic E-state index is -0.605. The molecule has 2 rings (SSSR count). The highest BCUT2D eigenvalue weighted by atomic mass is 35.5. The molecule has 0 amide bonds. The van der Waals surface area contributed by atoms with Crippen molar-refractivity contribution in [3.63, 3.8) is 0 Å². The second-order valence-corrected chi connectivity index (χ2v) is 7.50. The van der Waals surface area contributed by atoms with Gasteiger partial charge in [-0.1, -0.05) is 55.8 Å². The van der Waals surface area contributed by atoms with Crippen LogP contribution in [0.2, 0.25) is 17.1 Å². The number of rotatable bonds is 2. The summed E-state index contributed by atoms with van der Waals surface area (Å²) in [5, 5.41) is 0.757. The molecule has 1 unspecified atom stereocenters. The summed E-state index contributed by atoms with van der Waals surface area (Å²) in [6.07, 6.45) is 4.48. The summed E-state index contributed by atoms with van der Waals surface area (Å²) in [5.41, 5.74) is 0.985. The van der Waals surface area contributed by atoms with Gasteiger partial charge in [-0.25, -0.2) is 0 Å². The maximum atomic E-state index is 5.75. The van der Waals surface area contributed by atoms with E-state index in [1.807, 2.05) is 24.3 Å². The van der Waals surface area contributed by atoms with Crippen molar-refractivity contribution in [3.8, 4) is 0 Å². The smallest absolute Gasteiger partial charge is 0.176 e. The van der Waals surface area contributed by atoms with Gasteiger partial charge in [-0.15, -0.1) is 0 Å². The van der Waals surface area contributed by atoms with E-state index in [4.69, 9.17) is 16.0 Å². The Bertz CT molecular complexity index is 335. The summed E-state index contributed by atoms with van der Waals surface area (Å²) in [6.45, 7) is 6.92. The van der Waals surface area contributed by atoms with E-state index in [2.05, 4.69) is 13.5 Å². The summed E-state index contributed by atoms with van der Waals surface area (Å²) in [7, 11) is -0.605. The third-order valence-corrected chi connectivity index (χ3v) is 5.87. The molecule has 94 valence electrons. The molecule has 0 aromatic heterocycles. The molecule has 1 aliphatic rings. The summed E-state index contributed by atoms with van der Waals surface area (Å²) in [4.78, 5) is 0. The Morgan fingerprint density at radius 3 is 2.59 bits per heavy atom. The molecule has 17 heavy (non-hydrogen) atoms. The SMILES string of the molecule is C=Cc1ccccc1Cl.CC[SiH]1CCCCO1. The largest absolute Gasteiger partial charge is 0.420 e. The van der Waals surface area contributed by atoms with E-state index in [1.165, 1.54) is 24.9 Å². The Morgan fingerprint density at radius 2 is 2.18 bits per heavy atom. The predicted molar refractivity (Wildman–Crippen MR) is 79.2 cm³/mol. The molecule has 1 atom stereocenters. The van der Waals surface area contributed by atoms with Crippen LogP contribution in [0, 0.1) is 0 Å². The molecule has 0 bridgehead atoms. The summed E-state index contributed by atoms with van der Waals surface area (Å²) in [5.74, 6) is 0. The van der Waals surface area contributed by atoms with Crippen LogP contribution in [0.5, 0.6) is 0 Å². The maximum absolute atomic E-state index is 5.75. The van der Waals surface area contributed by atoms with Gasteiger partial charge in [0.05, 0.1) is 0 Å². The first-order chi connectivity index (χ1) is 8.27. The van der Waals surface area contributed by atoms with Gasteiger partial charge in [-0.3, -0.25) is 0 Å². The Morgan fingerprint density at radius 1 is 1.41 bits per heavy atom. The van der Waals surface area contributed by atoms with Crippen LogP contribution in [0.4, 0.5) is 0 Å². The first-order valence-electron chi connectivity index (χ1n) is 6.26. The highest BCUT2D eigenvalue weighted by molar-refractivity contribution is 6.51. The average molecular weight is 269 g/mol. The topological polar surface area (TPSA) is 9.23 Å². The van der Waals surface area contributed by atoms with Gasteiger partial charge in [0, 0.05) is 11.6 Å². The van der Waals surface area contributed by atoms with Crippen molar-refractivity contribution in [2.45, 2.75) is 31.9 Å². The van der Waals surface area contributed by atoms with Crippen molar-refractivity contribution in [2.24, 2.45) is 0 Å². The van der Waals surface area contributed by atoms with E-state index in [0.29, 0.717) is 0 Å². The van der Waals surface area contributed by atoms with Crippen molar-refractivity contribution in [1.82, 2.24) is 0 Å². The van der Waals surface area contributed by atoms with Crippen LogP contribution in [0.15, 0.2) is 30.8 Å². The van der Waals surface area contributed by atoms with Crippen molar-refractivity contribution < 1.29 is 4.43 Å². The van der Waals surface area contributed by atoms with E-state index in [-0.39, 0.29) is 0 Å². The van der Waals surface area contributed by atoms with Crippen LogP contribution in [0.3, 0.4) is 0 Å². The van der Waals surface area contributed by atoms with Crippen molar-refractivity contribution in [3.05, 3.63) is 41.4 Å². The zero-order valence-electron chi connectivity index (χ0n) is 10.5. The van der Waals surface area contributed by atoms with Gasteiger partial charge in [0.1, 0.15) is 0 Å². The molecular weight excluding hydrogens is 248 g/mol. The molecule has 1 aromatic rings. The molecule has 0 aliphatic carbocycles. The first kappa shape index (κ1) is 14.5. The van der Waals surface area contributed by atoms with Gasteiger partial charge in [0.25, 0.3) is 0 Å². The van der Waals surface area contributed by atoms with Gasteiger partial charge in [0.15, 0.2) is 9.04 Å².